The Labute approximate surface area is 167 Å². The number of hydrogen-bond donors (Lipinski definition) is 1. The second kappa shape index (κ2) is 6.83. The van der Waals surface area contributed by atoms with Gasteiger partial charge in [-0.1, -0.05) is 0 Å². The zero-order valence-corrected chi connectivity index (χ0v) is 16.1. The highest BCUT2D eigenvalue weighted by molar-refractivity contribution is 5.81. The van der Waals surface area contributed by atoms with E-state index in [0.29, 0.717) is 22.1 Å². The lowest BCUT2D eigenvalue weighted by atomic mass is 10.1. The molecule has 1 N–H and O–H groups in total. The number of imidazole rings is 1. The van der Waals surface area contributed by atoms with Crippen molar-refractivity contribution < 1.29 is 0 Å². The highest BCUT2D eigenvalue weighted by Crippen LogP contribution is 2.24. The Bertz CT molecular complexity index is 1340. The van der Waals surface area contributed by atoms with Crippen LogP contribution in [0.2, 0.25) is 0 Å². The predicted molar refractivity (Wildman–Crippen MR) is 111 cm³/mol. The number of nitrogens with zero attached hydrogens (tertiary/aromatic N) is 5. The second-order valence-corrected chi connectivity index (χ2v) is 7.51. The number of nitrogens with one attached hydrogen (secondary N) is 1. The van der Waals surface area contributed by atoms with Gasteiger partial charge in [0.2, 0.25) is 0 Å². The highest BCUT2D eigenvalue weighted by Gasteiger charge is 2.17. The molecule has 0 aromatic carbocycles. The number of pyridine rings is 3. The van der Waals surface area contributed by atoms with Gasteiger partial charge in [-0.15, -0.1) is 0 Å². The SMILES string of the molecule is Cc1cn2cc(-c3ccc4c(=O)n(C5CCNCC5)ccc4n3)cc(C#N)c2n1. The number of rotatable bonds is 2. The molecule has 1 aliphatic rings. The van der Waals surface area contributed by atoms with E-state index in [2.05, 4.69) is 16.4 Å². The summed E-state index contributed by atoms with van der Waals surface area (Å²) in [5.74, 6) is 0. The maximum absolute atomic E-state index is 13.0. The van der Waals surface area contributed by atoms with Gasteiger partial charge in [-0.3, -0.25) is 4.79 Å². The second-order valence-electron chi connectivity index (χ2n) is 7.51. The summed E-state index contributed by atoms with van der Waals surface area (Å²) in [5, 5.41) is 13.5. The zero-order valence-electron chi connectivity index (χ0n) is 16.1. The van der Waals surface area contributed by atoms with Crippen LogP contribution in [0.15, 0.2) is 47.7 Å². The molecule has 0 bridgehead atoms. The van der Waals surface area contributed by atoms with Gasteiger partial charge < -0.3 is 14.3 Å². The van der Waals surface area contributed by atoms with Gasteiger partial charge in [0, 0.05) is 30.2 Å². The monoisotopic (exact) mass is 384 g/mol. The van der Waals surface area contributed by atoms with E-state index >= 15 is 0 Å². The molecule has 7 nitrogen and oxygen atoms in total. The first-order valence-corrected chi connectivity index (χ1v) is 9.76. The third-order valence-corrected chi connectivity index (χ3v) is 5.57. The van der Waals surface area contributed by atoms with E-state index in [1.54, 1.807) is 6.07 Å². The van der Waals surface area contributed by atoms with Crippen molar-refractivity contribution in [2.75, 3.05) is 13.1 Å². The molecule has 0 radical (unpaired) electrons. The van der Waals surface area contributed by atoms with E-state index in [4.69, 9.17) is 4.98 Å². The number of piperidine rings is 1. The number of aromatic nitrogens is 4. The van der Waals surface area contributed by atoms with Crippen LogP contribution in [0, 0.1) is 18.3 Å². The highest BCUT2D eigenvalue weighted by atomic mass is 16.1. The molecular formula is C22H20N6O. The molecule has 1 aliphatic heterocycles. The van der Waals surface area contributed by atoms with Crippen molar-refractivity contribution in [3.05, 3.63) is 64.5 Å². The third kappa shape index (κ3) is 2.98. The number of hydrogen-bond acceptors (Lipinski definition) is 5. The van der Waals surface area contributed by atoms with E-state index in [-0.39, 0.29) is 11.6 Å². The topological polar surface area (TPSA) is 88.0 Å². The minimum Gasteiger partial charge on any atom is -0.317 e. The van der Waals surface area contributed by atoms with Crippen LogP contribution in [0.3, 0.4) is 0 Å². The summed E-state index contributed by atoms with van der Waals surface area (Å²) >= 11 is 0. The number of nitriles is 1. The molecule has 4 aromatic rings. The van der Waals surface area contributed by atoms with E-state index in [0.717, 1.165) is 42.9 Å². The van der Waals surface area contributed by atoms with Gasteiger partial charge in [0.1, 0.15) is 6.07 Å². The molecule has 0 saturated carbocycles. The van der Waals surface area contributed by atoms with Crippen molar-refractivity contribution in [1.82, 2.24) is 24.3 Å². The van der Waals surface area contributed by atoms with Crippen molar-refractivity contribution >= 4 is 16.6 Å². The molecular weight excluding hydrogens is 364 g/mol. The normalized spacial score (nSPS) is 15.0. The standard InChI is InChI=1S/C22H20N6O/c1-14-12-27-13-16(10-15(11-23)21(27)25-14)19-3-2-18-20(26-19)6-9-28(22(18)29)17-4-7-24-8-5-17/h2-3,6,9-10,12-13,17,24H,4-5,7-8H2,1H3. The van der Waals surface area contributed by atoms with Crippen LogP contribution in [-0.2, 0) is 0 Å². The van der Waals surface area contributed by atoms with Crippen molar-refractivity contribution in [1.29, 1.82) is 5.26 Å². The average molecular weight is 384 g/mol. The van der Waals surface area contributed by atoms with E-state index in [1.807, 2.05) is 52.7 Å². The fraction of sp³-hybridized carbons (Fsp3) is 0.273. The molecule has 1 fully saturated rings. The maximum Gasteiger partial charge on any atom is 0.260 e. The van der Waals surface area contributed by atoms with Crippen LogP contribution in [-0.4, -0.2) is 32.0 Å². The van der Waals surface area contributed by atoms with Gasteiger partial charge in [0.05, 0.1) is 27.9 Å². The first-order valence-electron chi connectivity index (χ1n) is 9.76. The fourth-order valence-electron chi connectivity index (χ4n) is 4.12. The molecule has 0 spiro atoms. The lowest BCUT2D eigenvalue weighted by Crippen LogP contribution is -2.34. The smallest absolute Gasteiger partial charge is 0.260 e. The lowest BCUT2D eigenvalue weighted by Gasteiger charge is -2.24. The van der Waals surface area contributed by atoms with E-state index in [1.165, 1.54) is 0 Å². The maximum atomic E-state index is 13.0. The molecule has 0 aliphatic carbocycles. The van der Waals surface area contributed by atoms with Crippen molar-refractivity contribution in [3.8, 4) is 17.3 Å². The molecule has 144 valence electrons. The average Bonchev–Trinajstić information content (AvgIpc) is 3.13. The summed E-state index contributed by atoms with van der Waals surface area (Å²) in [7, 11) is 0. The lowest BCUT2D eigenvalue weighted by molar-refractivity contribution is 0.362. The van der Waals surface area contributed by atoms with E-state index in [9.17, 15) is 10.1 Å². The van der Waals surface area contributed by atoms with Crippen molar-refractivity contribution in [2.24, 2.45) is 0 Å². The summed E-state index contributed by atoms with van der Waals surface area (Å²) in [6.07, 6.45) is 7.58. The van der Waals surface area contributed by atoms with Crippen molar-refractivity contribution in [2.45, 2.75) is 25.8 Å². The van der Waals surface area contributed by atoms with Crippen LogP contribution in [0.25, 0.3) is 27.8 Å². The molecule has 7 heteroatoms. The molecule has 5 heterocycles. The Balaban J connectivity index is 1.61. The first kappa shape index (κ1) is 17.6. The Morgan fingerprint density at radius 3 is 2.79 bits per heavy atom. The van der Waals surface area contributed by atoms with Crippen LogP contribution in [0.4, 0.5) is 0 Å². The Hall–Kier alpha value is -3.50. The van der Waals surface area contributed by atoms with E-state index < -0.39 is 0 Å². The van der Waals surface area contributed by atoms with Gasteiger partial charge in [0.15, 0.2) is 5.65 Å². The van der Waals surface area contributed by atoms with Gasteiger partial charge in [-0.2, -0.15) is 5.26 Å². The molecule has 0 amide bonds. The summed E-state index contributed by atoms with van der Waals surface area (Å²) in [6, 6.07) is 9.85. The summed E-state index contributed by atoms with van der Waals surface area (Å²) in [6.45, 7) is 3.77. The number of fused-ring (bicyclic) bond motifs is 2. The zero-order chi connectivity index (χ0) is 20.0. The third-order valence-electron chi connectivity index (χ3n) is 5.57. The van der Waals surface area contributed by atoms with Crippen LogP contribution >= 0.6 is 0 Å². The Morgan fingerprint density at radius 2 is 2.00 bits per heavy atom. The van der Waals surface area contributed by atoms with Crippen molar-refractivity contribution in [3.63, 3.8) is 0 Å². The van der Waals surface area contributed by atoms with Crippen LogP contribution in [0.1, 0.15) is 30.1 Å². The van der Waals surface area contributed by atoms with Gasteiger partial charge in [-0.25, -0.2) is 9.97 Å². The largest absolute Gasteiger partial charge is 0.317 e. The number of aryl methyl sites for hydroxylation is 1. The first-order chi connectivity index (χ1) is 14.1. The molecule has 5 rings (SSSR count). The molecule has 1 saturated heterocycles. The minimum atomic E-state index is 0.00634. The van der Waals surface area contributed by atoms with Gasteiger partial charge in [-0.05, 0) is 57.1 Å². The quantitative estimate of drug-likeness (QED) is 0.574. The van der Waals surface area contributed by atoms with Gasteiger partial charge in [0.25, 0.3) is 5.56 Å². The van der Waals surface area contributed by atoms with Gasteiger partial charge >= 0.3 is 0 Å². The Kier molecular flexibility index (Phi) is 4.14. The summed E-state index contributed by atoms with van der Waals surface area (Å²) in [4.78, 5) is 22.1. The summed E-state index contributed by atoms with van der Waals surface area (Å²) in [5.41, 5.74) is 4.20. The Morgan fingerprint density at radius 1 is 1.17 bits per heavy atom. The fourth-order valence-corrected chi connectivity index (χ4v) is 4.12. The van der Waals surface area contributed by atoms with Crippen LogP contribution < -0.4 is 10.9 Å². The van der Waals surface area contributed by atoms with Crippen LogP contribution in [0.5, 0.6) is 0 Å². The predicted octanol–water partition coefficient (Wildman–Crippen LogP) is 2.82. The summed E-state index contributed by atoms with van der Waals surface area (Å²) < 4.78 is 3.70. The molecule has 4 aromatic heterocycles. The molecule has 0 atom stereocenters. The molecule has 0 unspecified atom stereocenters. The minimum absolute atomic E-state index is 0.00634. The molecule has 29 heavy (non-hydrogen) atoms.